The maximum Gasteiger partial charge on any atom is 0.204 e. The standard InChI is InChI=1S/C24H18ClN5O2/c1-14-28-29-24-23(27-19-13-17(25)9-11-21(19)32-2)26-18-10-8-16(12-20(18)30(14)24)22(31)15-6-4-3-5-7-15/h3-13H,1-2H3,(H,26,27). The predicted octanol–water partition coefficient (Wildman–Crippen LogP) is 5.22. The summed E-state index contributed by atoms with van der Waals surface area (Å²) in [5.74, 6) is 1.74. The monoisotopic (exact) mass is 443 g/mol. The van der Waals surface area contributed by atoms with Gasteiger partial charge in [0.25, 0.3) is 0 Å². The molecule has 0 unspecified atom stereocenters. The molecule has 1 N–H and O–H groups in total. The van der Waals surface area contributed by atoms with E-state index in [1.54, 1.807) is 43.5 Å². The lowest BCUT2D eigenvalue weighted by atomic mass is 10.0. The van der Waals surface area contributed by atoms with E-state index in [0.29, 0.717) is 50.4 Å². The number of halogens is 1. The lowest BCUT2D eigenvalue weighted by Gasteiger charge is -2.13. The predicted molar refractivity (Wildman–Crippen MR) is 124 cm³/mol. The zero-order valence-electron chi connectivity index (χ0n) is 17.3. The van der Waals surface area contributed by atoms with Gasteiger partial charge in [-0.3, -0.25) is 9.20 Å². The van der Waals surface area contributed by atoms with E-state index in [2.05, 4.69) is 15.5 Å². The first-order chi connectivity index (χ1) is 15.5. The Morgan fingerprint density at radius 2 is 1.81 bits per heavy atom. The Morgan fingerprint density at radius 1 is 1.00 bits per heavy atom. The number of methoxy groups -OCH3 is 1. The summed E-state index contributed by atoms with van der Waals surface area (Å²) in [6, 6.07) is 19.9. The molecule has 5 rings (SSSR count). The van der Waals surface area contributed by atoms with Gasteiger partial charge in [-0.2, -0.15) is 0 Å². The Hall–Kier alpha value is -3.97. The normalized spacial score (nSPS) is 11.1. The minimum absolute atomic E-state index is 0.0581. The van der Waals surface area contributed by atoms with Gasteiger partial charge < -0.3 is 10.1 Å². The summed E-state index contributed by atoms with van der Waals surface area (Å²) in [5, 5.41) is 12.4. The van der Waals surface area contributed by atoms with E-state index in [4.69, 9.17) is 21.3 Å². The quantitative estimate of drug-likeness (QED) is 0.375. The molecule has 0 amide bonds. The van der Waals surface area contributed by atoms with Crippen LogP contribution in [0.2, 0.25) is 5.02 Å². The smallest absolute Gasteiger partial charge is 0.204 e. The van der Waals surface area contributed by atoms with Crippen molar-refractivity contribution in [2.24, 2.45) is 0 Å². The second-order valence-corrected chi connectivity index (χ2v) is 7.67. The number of carbonyl (C=O) groups excluding carboxylic acids is 1. The van der Waals surface area contributed by atoms with E-state index >= 15 is 0 Å². The highest BCUT2D eigenvalue weighted by Gasteiger charge is 2.17. The number of aromatic nitrogens is 4. The Kier molecular flexibility index (Phi) is 4.95. The summed E-state index contributed by atoms with van der Waals surface area (Å²) in [5.41, 5.74) is 3.81. The Balaban J connectivity index is 1.66. The molecule has 0 bridgehead atoms. The molecular formula is C24H18ClN5O2. The van der Waals surface area contributed by atoms with Crippen molar-refractivity contribution in [3.05, 3.63) is 88.7 Å². The molecule has 2 heterocycles. The Bertz CT molecular complexity index is 1480. The van der Waals surface area contributed by atoms with Gasteiger partial charge in [-0.15, -0.1) is 10.2 Å². The van der Waals surface area contributed by atoms with E-state index in [0.717, 1.165) is 5.52 Å². The van der Waals surface area contributed by atoms with Crippen LogP contribution in [0.25, 0.3) is 16.7 Å². The summed E-state index contributed by atoms with van der Waals surface area (Å²) < 4.78 is 7.31. The summed E-state index contributed by atoms with van der Waals surface area (Å²) in [6.45, 7) is 1.86. The van der Waals surface area contributed by atoms with Crippen molar-refractivity contribution in [3.63, 3.8) is 0 Å². The molecule has 0 spiro atoms. The first-order valence-electron chi connectivity index (χ1n) is 9.91. The molecule has 2 aromatic heterocycles. The fourth-order valence-electron chi connectivity index (χ4n) is 3.66. The third kappa shape index (κ3) is 3.42. The molecule has 0 atom stereocenters. The van der Waals surface area contributed by atoms with Gasteiger partial charge in [0.15, 0.2) is 11.6 Å². The number of hydrogen-bond donors (Lipinski definition) is 1. The van der Waals surface area contributed by atoms with Crippen LogP contribution >= 0.6 is 11.6 Å². The van der Waals surface area contributed by atoms with Gasteiger partial charge in [0.1, 0.15) is 11.6 Å². The van der Waals surface area contributed by atoms with Crippen molar-refractivity contribution < 1.29 is 9.53 Å². The molecule has 0 saturated carbocycles. The summed E-state index contributed by atoms with van der Waals surface area (Å²) >= 11 is 6.17. The largest absolute Gasteiger partial charge is 0.495 e. The SMILES string of the molecule is COc1ccc(Cl)cc1Nc1nc2ccc(C(=O)c3ccccc3)cc2n2c(C)nnc12. The molecular weight excluding hydrogens is 426 g/mol. The first kappa shape index (κ1) is 20.0. The van der Waals surface area contributed by atoms with Gasteiger partial charge in [0, 0.05) is 16.1 Å². The number of anilines is 2. The number of aryl methyl sites for hydroxylation is 1. The first-order valence-corrected chi connectivity index (χ1v) is 10.3. The zero-order chi connectivity index (χ0) is 22.2. The lowest BCUT2D eigenvalue weighted by molar-refractivity contribution is 0.103. The second kappa shape index (κ2) is 7.94. The van der Waals surface area contributed by atoms with Gasteiger partial charge >= 0.3 is 0 Å². The van der Waals surface area contributed by atoms with Crippen molar-refractivity contribution in [1.82, 2.24) is 19.6 Å². The molecule has 7 nitrogen and oxygen atoms in total. The van der Waals surface area contributed by atoms with E-state index in [1.165, 1.54) is 0 Å². The third-order valence-electron chi connectivity index (χ3n) is 5.20. The van der Waals surface area contributed by atoms with E-state index in [1.807, 2.05) is 41.7 Å². The number of ether oxygens (including phenoxy) is 1. The van der Waals surface area contributed by atoms with Crippen LogP contribution in [0.1, 0.15) is 21.7 Å². The molecule has 32 heavy (non-hydrogen) atoms. The highest BCUT2D eigenvalue weighted by molar-refractivity contribution is 6.31. The molecule has 158 valence electrons. The number of ketones is 1. The maximum absolute atomic E-state index is 13.0. The summed E-state index contributed by atoms with van der Waals surface area (Å²) in [6.07, 6.45) is 0. The fourth-order valence-corrected chi connectivity index (χ4v) is 3.83. The highest BCUT2D eigenvalue weighted by Crippen LogP contribution is 2.32. The van der Waals surface area contributed by atoms with Gasteiger partial charge in [0.2, 0.25) is 5.65 Å². The Morgan fingerprint density at radius 3 is 2.59 bits per heavy atom. The molecule has 0 aliphatic carbocycles. The van der Waals surface area contributed by atoms with Gasteiger partial charge in [-0.25, -0.2) is 4.98 Å². The minimum Gasteiger partial charge on any atom is -0.495 e. The topological polar surface area (TPSA) is 81.4 Å². The maximum atomic E-state index is 13.0. The number of benzene rings is 3. The van der Waals surface area contributed by atoms with Crippen LogP contribution in [-0.4, -0.2) is 32.5 Å². The molecule has 0 saturated heterocycles. The number of carbonyl (C=O) groups is 1. The van der Waals surface area contributed by atoms with Crippen LogP contribution in [0.15, 0.2) is 66.7 Å². The van der Waals surface area contributed by atoms with Crippen molar-refractivity contribution in [2.75, 3.05) is 12.4 Å². The second-order valence-electron chi connectivity index (χ2n) is 7.23. The van der Waals surface area contributed by atoms with Gasteiger partial charge in [-0.1, -0.05) is 41.9 Å². The number of hydrogen-bond acceptors (Lipinski definition) is 6. The van der Waals surface area contributed by atoms with Gasteiger partial charge in [-0.05, 0) is 43.3 Å². The van der Waals surface area contributed by atoms with Crippen LogP contribution in [0.5, 0.6) is 5.75 Å². The average Bonchev–Trinajstić information content (AvgIpc) is 3.21. The fraction of sp³-hybridized carbons (Fsp3) is 0.0833. The van der Waals surface area contributed by atoms with Crippen molar-refractivity contribution in [3.8, 4) is 5.75 Å². The Labute approximate surface area is 188 Å². The molecule has 0 aliphatic rings. The van der Waals surface area contributed by atoms with E-state index in [-0.39, 0.29) is 5.78 Å². The number of fused-ring (bicyclic) bond motifs is 3. The highest BCUT2D eigenvalue weighted by atomic mass is 35.5. The van der Waals surface area contributed by atoms with Crippen LogP contribution in [0, 0.1) is 6.92 Å². The van der Waals surface area contributed by atoms with Crippen molar-refractivity contribution in [1.29, 1.82) is 0 Å². The van der Waals surface area contributed by atoms with E-state index < -0.39 is 0 Å². The third-order valence-corrected chi connectivity index (χ3v) is 5.43. The lowest BCUT2D eigenvalue weighted by Crippen LogP contribution is -2.05. The summed E-state index contributed by atoms with van der Waals surface area (Å²) in [4.78, 5) is 17.7. The molecule has 0 fully saturated rings. The van der Waals surface area contributed by atoms with Crippen LogP contribution in [0.4, 0.5) is 11.5 Å². The number of nitrogens with zero attached hydrogens (tertiary/aromatic N) is 4. The van der Waals surface area contributed by atoms with Crippen LogP contribution in [-0.2, 0) is 0 Å². The molecule has 0 radical (unpaired) electrons. The van der Waals surface area contributed by atoms with Crippen LogP contribution < -0.4 is 10.1 Å². The number of rotatable bonds is 5. The molecule has 8 heteroatoms. The van der Waals surface area contributed by atoms with Crippen molar-refractivity contribution in [2.45, 2.75) is 6.92 Å². The molecule has 5 aromatic rings. The van der Waals surface area contributed by atoms with Crippen molar-refractivity contribution >= 4 is 45.6 Å². The molecule has 3 aromatic carbocycles. The zero-order valence-corrected chi connectivity index (χ0v) is 18.1. The van der Waals surface area contributed by atoms with E-state index in [9.17, 15) is 4.79 Å². The average molecular weight is 444 g/mol. The van der Waals surface area contributed by atoms with Crippen LogP contribution in [0.3, 0.4) is 0 Å². The minimum atomic E-state index is -0.0581. The van der Waals surface area contributed by atoms with Gasteiger partial charge in [0.05, 0.1) is 23.8 Å². The molecule has 0 aliphatic heterocycles. The number of nitrogens with one attached hydrogen (secondary N) is 1. The summed E-state index contributed by atoms with van der Waals surface area (Å²) in [7, 11) is 1.59.